The quantitative estimate of drug-likeness (QED) is 0.484. The standard InChI is InChI=1S/C11H15N5O2S/c1-12-11(19)15-6-4-14(5-7-15)10-3-2-9(8-13-10)16(17)18/h2-3,8H,4-7H2,1H3,(H,12,19). The molecule has 0 spiro atoms. The van der Waals surface area contributed by atoms with Gasteiger partial charge in [-0.15, -0.1) is 0 Å². The highest BCUT2D eigenvalue weighted by Gasteiger charge is 2.19. The Bertz CT molecular complexity index is 470. The van der Waals surface area contributed by atoms with E-state index in [4.69, 9.17) is 12.2 Å². The van der Waals surface area contributed by atoms with Crippen LogP contribution in [0.4, 0.5) is 11.5 Å². The topological polar surface area (TPSA) is 74.5 Å². The van der Waals surface area contributed by atoms with Gasteiger partial charge in [-0.2, -0.15) is 0 Å². The van der Waals surface area contributed by atoms with Crippen molar-refractivity contribution in [3.05, 3.63) is 28.4 Å². The number of piperazine rings is 1. The minimum atomic E-state index is -0.444. The zero-order chi connectivity index (χ0) is 13.8. The molecule has 0 radical (unpaired) electrons. The third kappa shape index (κ3) is 3.08. The summed E-state index contributed by atoms with van der Waals surface area (Å²) in [5, 5.41) is 14.3. The Kier molecular flexibility index (Phi) is 4.10. The summed E-state index contributed by atoms with van der Waals surface area (Å²) in [4.78, 5) is 18.4. The van der Waals surface area contributed by atoms with E-state index in [2.05, 4.69) is 20.1 Å². The van der Waals surface area contributed by atoms with Crippen LogP contribution in [0.1, 0.15) is 0 Å². The second-order valence-electron chi connectivity index (χ2n) is 4.16. The van der Waals surface area contributed by atoms with Crippen molar-refractivity contribution in [1.82, 2.24) is 15.2 Å². The van der Waals surface area contributed by atoms with Crippen molar-refractivity contribution in [3.63, 3.8) is 0 Å². The van der Waals surface area contributed by atoms with Crippen molar-refractivity contribution in [2.75, 3.05) is 38.1 Å². The number of nitrogens with zero attached hydrogens (tertiary/aromatic N) is 4. The smallest absolute Gasteiger partial charge is 0.287 e. The predicted molar refractivity (Wildman–Crippen MR) is 76.3 cm³/mol. The van der Waals surface area contributed by atoms with Crippen LogP contribution in [0.3, 0.4) is 0 Å². The van der Waals surface area contributed by atoms with Crippen LogP contribution in [0.25, 0.3) is 0 Å². The summed E-state index contributed by atoms with van der Waals surface area (Å²) in [6, 6.07) is 3.16. The second-order valence-corrected chi connectivity index (χ2v) is 4.55. The Hall–Kier alpha value is -1.96. The van der Waals surface area contributed by atoms with E-state index in [9.17, 15) is 10.1 Å². The van der Waals surface area contributed by atoms with Gasteiger partial charge < -0.3 is 15.1 Å². The summed E-state index contributed by atoms with van der Waals surface area (Å²) >= 11 is 5.18. The molecule has 0 unspecified atom stereocenters. The largest absolute Gasteiger partial charge is 0.366 e. The van der Waals surface area contributed by atoms with Crippen molar-refractivity contribution >= 4 is 28.8 Å². The summed E-state index contributed by atoms with van der Waals surface area (Å²) in [5.41, 5.74) is 0.0127. The zero-order valence-corrected chi connectivity index (χ0v) is 11.4. The van der Waals surface area contributed by atoms with Crippen molar-refractivity contribution in [1.29, 1.82) is 0 Å². The molecule has 1 N–H and O–H groups in total. The maximum atomic E-state index is 10.6. The van der Waals surface area contributed by atoms with Gasteiger partial charge in [0.2, 0.25) is 0 Å². The second kappa shape index (κ2) is 5.79. The Morgan fingerprint density at radius 3 is 2.58 bits per heavy atom. The number of rotatable bonds is 2. The first-order valence-electron chi connectivity index (χ1n) is 5.94. The maximum Gasteiger partial charge on any atom is 0.287 e. The predicted octanol–water partition coefficient (Wildman–Crippen LogP) is 0.616. The molecule has 0 saturated carbocycles. The van der Waals surface area contributed by atoms with Crippen LogP contribution in [0.2, 0.25) is 0 Å². The Labute approximate surface area is 116 Å². The number of aromatic nitrogens is 1. The molecule has 8 heteroatoms. The summed E-state index contributed by atoms with van der Waals surface area (Å²) in [6.45, 7) is 3.23. The molecular formula is C11H15N5O2S. The summed E-state index contributed by atoms with van der Waals surface area (Å²) in [6.07, 6.45) is 1.29. The molecular weight excluding hydrogens is 266 g/mol. The third-order valence-corrected chi connectivity index (χ3v) is 3.51. The molecule has 1 aliphatic rings. The van der Waals surface area contributed by atoms with Gasteiger partial charge in [0.05, 0.1) is 4.92 Å². The van der Waals surface area contributed by atoms with Crippen molar-refractivity contribution < 1.29 is 4.92 Å². The van der Waals surface area contributed by atoms with E-state index < -0.39 is 4.92 Å². The minimum Gasteiger partial charge on any atom is -0.366 e. The Morgan fingerprint density at radius 2 is 2.11 bits per heavy atom. The zero-order valence-electron chi connectivity index (χ0n) is 10.6. The fourth-order valence-corrected chi connectivity index (χ4v) is 2.15. The highest BCUT2D eigenvalue weighted by Crippen LogP contribution is 2.17. The van der Waals surface area contributed by atoms with Gasteiger partial charge in [-0.25, -0.2) is 4.98 Å². The SMILES string of the molecule is CNC(=S)N1CCN(c2ccc([N+](=O)[O-])cn2)CC1. The van der Waals surface area contributed by atoms with Crippen molar-refractivity contribution in [2.45, 2.75) is 0 Å². The lowest BCUT2D eigenvalue weighted by Crippen LogP contribution is -2.51. The van der Waals surface area contributed by atoms with E-state index >= 15 is 0 Å². The van der Waals surface area contributed by atoms with Crippen molar-refractivity contribution in [3.8, 4) is 0 Å². The number of hydrogen-bond acceptors (Lipinski definition) is 5. The van der Waals surface area contributed by atoms with E-state index in [1.807, 2.05) is 7.05 Å². The third-order valence-electron chi connectivity index (χ3n) is 3.05. The van der Waals surface area contributed by atoms with Gasteiger partial charge in [0, 0.05) is 39.3 Å². The van der Waals surface area contributed by atoms with Crippen LogP contribution in [-0.2, 0) is 0 Å². The van der Waals surface area contributed by atoms with Crippen molar-refractivity contribution in [2.24, 2.45) is 0 Å². The molecule has 2 rings (SSSR count). The number of thiocarbonyl (C=S) groups is 1. The number of nitrogens with one attached hydrogen (secondary N) is 1. The number of nitro groups is 1. The number of pyridine rings is 1. The first-order valence-corrected chi connectivity index (χ1v) is 6.34. The summed E-state index contributed by atoms with van der Waals surface area (Å²) < 4.78 is 0. The molecule has 0 atom stereocenters. The molecule has 0 aliphatic carbocycles. The van der Waals surface area contributed by atoms with E-state index in [0.29, 0.717) is 0 Å². The van der Waals surface area contributed by atoms with Gasteiger partial charge in [0.15, 0.2) is 5.11 Å². The van der Waals surface area contributed by atoms with Gasteiger partial charge in [0.1, 0.15) is 12.0 Å². The molecule has 19 heavy (non-hydrogen) atoms. The molecule has 2 heterocycles. The number of hydrogen-bond donors (Lipinski definition) is 1. The summed E-state index contributed by atoms with van der Waals surface area (Å²) in [7, 11) is 1.81. The van der Waals surface area contributed by atoms with E-state index in [1.165, 1.54) is 12.3 Å². The molecule has 102 valence electrons. The average Bonchev–Trinajstić information content (AvgIpc) is 2.46. The lowest BCUT2D eigenvalue weighted by atomic mass is 10.3. The van der Waals surface area contributed by atoms with Gasteiger partial charge in [0.25, 0.3) is 5.69 Å². The molecule has 1 aliphatic heterocycles. The average molecular weight is 281 g/mol. The Balaban J connectivity index is 1.97. The van der Waals surface area contributed by atoms with Crippen LogP contribution in [0.5, 0.6) is 0 Å². The fourth-order valence-electron chi connectivity index (χ4n) is 1.97. The first-order chi connectivity index (χ1) is 9.11. The van der Waals surface area contributed by atoms with Crippen LogP contribution in [0, 0.1) is 10.1 Å². The molecule has 0 aromatic carbocycles. The fraction of sp³-hybridized carbons (Fsp3) is 0.455. The molecule has 1 aromatic heterocycles. The highest BCUT2D eigenvalue weighted by atomic mass is 32.1. The monoisotopic (exact) mass is 281 g/mol. The van der Waals surface area contributed by atoms with Gasteiger partial charge in [-0.3, -0.25) is 10.1 Å². The molecule has 0 amide bonds. The Morgan fingerprint density at radius 1 is 1.42 bits per heavy atom. The van der Waals surface area contributed by atoms with Gasteiger partial charge >= 0.3 is 0 Å². The molecule has 1 fully saturated rings. The van der Waals surface area contributed by atoms with Crippen LogP contribution < -0.4 is 10.2 Å². The van der Waals surface area contributed by atoms with Crippen LogP contribution in [-0.4, -0.2) is 53.1 Å². The van der Waals surface area contributed by atoms with Crippen LogP contribution in [0.15, 0.2) is 18.3 Å². The molecule has 7 nitrogen and oxygen atoms in total. The van der Waals surface area contributed by atoms with E-state index in [-0.39, 0.29) is 5.69 Å². The minimum absolute atomic E-state index is 0.0127. The van der Waals surface area contributed by atoms with Crippen LogP contribution >= 0.6 is 12.2 Å². The normalized spacial score (nSPS) is 15.2. The molecule has 1 saturated heterocycles. The molecule has 0 bridgehead atoms. The highest BCUT2D eigenvalue weighted by molar-refractivity contribution is 7.80. The van der Waals surface area contributed by atoms with Gasteiger partial charge in [-0.05, 0) is 18.3 Å². The van der Waals surface area contributed by atoms with E-state index in [1.54, 1.807) is 6.07 Å². The molecule has 1 aromatic rings. The first kappa shape index (κ1) is 13.5. The van der Waals surface area contributed by atoms with E-state index in [0.717, 1.165) is 37.1 Å². The van der Waals surface area contributed by atoms with Gasteiger partial charge in [-0.1, -0.05) is 0 Å². The summed E-state index contributed by atoms with van der Waals surface area (Å²) in [5.74, 6) is 0.764. The number of anilines is 1. The maximum absolute atomic E-state index is 10.6. The lowest BCUT2D eigenvalue weighted by molar-refractivity contribution is -0.385. The lowest BCUT2D eigenvalue weighted by Gasteiger charge is -2.36.